The van der Waals surface area contributed by atoms with E-state index in [1.807, 2.05) is 73.3 Å². The van der Waals surface area contributed by atoms with E-state index in [1.54, 1.807) is 0 Å². The van der Waals surface area contributed by atoms with Gasteiger partial charge in [-0.15, -0.1) is 0 Å². The van der Waals surface area contributed by atoms with Crippen LogP contribution in [0.4, 0.5) is 0 Å². The number of hydrogen-bond acceptors (Lipinski definition) is 2. The van der Waals surface area contributed by atoms with Crippen molar-refractivity contribution in [1.29, 1.82) is 0 Å². The van der Waals surface area contributed by atoms with E-state index in [-0.39, 0.29) is 29.8 Å². The van der Waals surface area contributed by atoms with Crippen LogP contribution in [0.5, 0.6) is 0 Å². The molecule has 4 rings (SSSR count). The summed E-state index contributed by atoms with van der Waals surface area (Å²) in [7, 11) is 0. The highest BCUT2D eigenvalue weighted by atomic mass is 35.5. The van der Waals surface area contributed by atoms with Gasteiger partial charge in [-0.3, -0.25) is 9.59 Å². The van der Waals surface area contributed by atoms with E-state index in [1.165, 1.54) is 12.8 Å². The van der Waals surface area contributed by atoms with E-state index >= 15 is 0 Å². The van der Waals surface area contributed by atoms with Crippen LogP contribution >= 0.6 is 23.2 Å². The number of nitrogens with one attached hydrogen (secondary N) is 1. The molecular weight excluding hydrogens is 443 g/mol. The molecule has 1 N–H and O–H groups in total. The van der Waals surface area contributed by atoms with Gasteiger partial charge in [0.15, 0.2) is 0 Å². The molecule has 172 valence electrons. The number of hydrogen-bond donors (Lipinski definition) is 1. The van der Waals surface area contributed by atoms with Crippen LogP contribution in [0.25, 0.3) is 0 Å². The minimum absolute atomic E-state index is 0.0235. The molecule has 6 heteroatoms. The van der Waals surface area contributed by atoms with Gasteiger partial charge in [0.25, 0.3) is 0 Å². The first kappa shape index (κ1) is 24.6. The molecular formula is C26H32Cl2N2O2. The van der Waals surface area contributed by atoms with Crippen molar-refractivity contribution in [2.75, 3.05) is 6.54 Å². The Balaban J connectivity index is 0.000000352. The van der Waals surface area contributed by atoms with Crippen molar-refractivity contribution >= 4 is 35.0 Å². The van der Waals surface area contributed by atoms with Crippen molar-refractivity contribution in [3.63, 3.8) is 0 Å². The van der Waals surface area contributed by atoms with Gasteiger partial charge in [0.05, 0.1) is 6.04 Å². The normalized spacial score (nSPS) is 20.5. The maximum atomic E-state index is 13.1. The summed E-state index contributed by atoms with van der Waals surface area (Å²) in [5, 5.41) is 4.41. The summed E-state index contributed by atoms with van der Waals surface area (Å²) in [5.41, 5.74) is 1.14. The monoisotopic (exact) mass is 474 g/mol. The Morgan fingerprint density at radius 1 is 0.969 bits per heavy atom. The van der Waals surface area contributed by atoms with Crippen molar-refractivity contribution in [1.82, 2.24) is 10.2 Å². The predicted octanol–water partition coefficient (Wildman–Crippen LogP) is 6.28. The molecule has 1 saturated heterocycles. The molecule has 0 spiro atoms. The summed E-state index contributed by atoms with van der Waals surface area (Å²) in [6.45, 7) is 4.70. The van der Waals surface area contributed by atoms with Crippen molar-refractivity contribution in [3.05, 3.63) is 70.2 Å². The third kappa shape index (κ3) is 7.53. The topological polar surface area (TPSA) is 49.4 Å². The van der Waals surface area contributed by atoms with Crippen LogP contribution in [-0.4, -0.2) is 29.3 Å². The number of carbonyl (C=O) groups excluding carboxylic acids is 2. The molecule has 0 aromatic heterocycles. The fraction of sp³-hybridized carbons (Fsp3) is 0.462. The number of benzene rings is 2. The predicted molar refractivity (Wildman–Crippen MR) is 131 cm³/mol. The first-order chi connectivity index (χ1) is 15.3. The number of likely N-dealkylation sites (tertiary alicyclic amines) is 1. The fourth-order valence-corrected chi connectivity index (χ4v) is 4.33. The van der Waals surface area contributed by atoms with Crippen LogP contribution in [-0.2, 0) is 9.59 Å². The second kappa shape index (κ2) is 11.7. The first-order valence-corrected chi connectivity index (χ1v) is 12.1. The summed E-state index contributed by atoms with van der Waals surface area (Å²) in [5.74, 6) is 0.546. The lowest BCUT2D eigenvalue weighted by Gasteiger charge is -2.40. The lowest BCUT2D eigenvalue weighted by molar-refractivity contribution is -0.145. The molecule has 2 atom stereocenters. The molecule has 1 saturated carbocycles. The minimum Gasteiger partial charge on any atom is -0.354 e. The lowest BCUT2D eigenvalue weighted by atomic mass is 9.86. The number of piperidine rings is 1. The fourth-order valence-electron chi connectivity index (χ4n) is 4.06. The number of nitrogens with zero attached hydrogens (tertiary/aromatic N) is 1. The largest absolute Gasteiger partial charge is 0.354 e. The number of carbonyl (C=O) groups is 2. The highest BCUT2D eigenvalue weighted by Crippen LogP contribution is 2.39. The highest BCUT2D eigenvalue weighted by molar-refractivity contribution is 6.30. The van der Waals surface area contributed by atoms with Gasteiger partial charge >= 0.3 is 0 Å². The van der Waals surface area contributed by atoms with Gasteiger partial charge in [0.1, 0.15) is 0 Å². The first-order valence-electron chi connectivity index (χ1n) is 11.4. The molecule has 1 heterocycles. The molecule has 0 radical (unpaired) electrons. The molecule has 2 fully saturated rings. The molecule has 4 nitrogen and oxygen atoms in total. The van der Waals surface area contributed by atoms with Crippen LogP contribution in [0.1, 0.15) is 57.6 Å². The van der Waals surface area contributed by atoms with Crippen LogP contribution < -0.4 is 5.32 Å². The van der Waals surface area contributed by atoms with Crippen molar-refractivity contribution in [2.24, 2.45) is 11.8 Å². The van der Waals surface area contributed by atoms with Gasteiger partial charge < -0.3 is 10.2 Å². The Bertz CT molecular complexity index is 882. The van der Waals surface area contributed by atoms with Crippen molar-refractivity contribution in [3.8, 4) is 0 Å². The van der Waals surface area contributed by atoms with Crippen molar-refractivity contribution in [2.45, 2.75) is 58.0 Å². The van der Waals surface area contributed by atoms with Gasteiger partial charge in [-0.25, -0.2) is 0 Å². The number of halogens is 2. The molecule has 2 aromatic rings. The quantitative estimate of drug-likeness (QED) is 0.534. The molecule has 2 aliphatic rings. The molecule has 1 aliphatic heterocycles. The summed E-state index contributed by atoms with van der Waals surface area (Å²) in [6.07, 6.45) is 4.37. The second-order valence-electron chi connectivity index (χ2n) is 9.00. The van der Waals surface area contributed by atoms with Crippen LogP contribution in [0.2, 0.25) is 10.0 Å². The van der Waals surface area contributed by atoms with E-state index in [4.69, 9.17) is 23.2 Å². The summed E-state index contributed by atoms with van der Waals surface area (Å²) in [4.78, 5) is 27.2. The minimum atomic E-state index is -0.193. The highest BCUT2D eigenvalue weighted by Gasteiger charge is 2.39. The maximum absolute atomic E-state index is 13.1. The Morgan fingerprint density at radius 3 is 2.12 bits per heavy atom. The zero-order valence-corrected chi connectivity index (χ0v) is 20.3. The molecule has 0 bridgehead atoms. The maximum Gasteiger partial charge on any atom is 0.226 e. The average molecular weight is 475 g/mol. The van der Waals surface area contributed by atoms with Gasteiger partial charge in [-0.05, 0) is 75.3 Å². The van der Waals surface area contributed by atoms with Gasteiger partial charge in [0.2, 0.25) is 11.8 Å². The van der Waals surface area contributed by atoms with Gasteiger partial charge in [-0.1, -0.05) is 53.5 Å². The molecule has 1 aliphatic carbocycles. The van der Waals surface area contributed by atoms with E-state index in [0.29, 0.717) is 17.4 Å². The molecule has 2 aromatic carbocycles. The van der Waals surface area contributed by atoms with Gasteiger partial charge in [-0.2, -0.15) is 0 Å². The Kier molecular flexibility index (Phi) is 9.01. The third-order valence-corrected chi connectivity index (χ3v) is 6.32. The summed E-state index contributed by atoms with van der Waals surface area (Å²) < 4.78 is 0. The standard InChI is InChI=1S/C20H27ClN2O2.C6H5Cl/c1-13(2)22-19(24)11-16-7-10-18(15-5-8-17(21)9-6-15)23(20(16)25)12-14-3-4-14;7-6-4-2-1-3-5-6/h5-6,8-9,13-14,16,18H,3-4,7,10-12H2,1-2H3,(H,22,24);1-5H/t16-,18?;/m1./s1. The average Bonchev–Trinajstić information content (AvgIpc) is 3.57. The zero-order valence-electron chi connectivity index (χ0n) is 18.8. The van der Waals surface area contributed by atoms with E-state index in [0.717, 1.165) is 30.0 Å². The summed E-state index contributed by atoms with van der Waals surface area (Å²) in [6, 6.07) is 17.5. The SMILES string of the molecule is CC(C)NC(=O)C[C@H]1CCC(c2ccc(Cl)cc2)N(CC2CC2)C1=O.Clc1ccccc1. The lowest BCUT2D eigenvalue weighted by Crippen LogP contribution is -2.46. The number of amides is 2. The van der Waals surface area contributed by atoms with E-state index in [2.05, 4.69) is 5.32 Å². The Morgan fingerprint density at radius 2 is 1.59 bits per heavy atom. The van der Waals surface area contributed by atoms with Crippen LogP contribution in [0, 0.1) is 11.8 Å². The van der Waals surface area contributed by atoms with Crippen molar-refractivity contribution < 1.29 is 9.59 Å². The van der Waals surface area contributed by atoms with Gasteiger partial charge in [0, 0.05) is 35.0 Å². The molecule has 2 amide bonds. The summed E-state index contributed by atoms with van der Waals surface area (Å²) >= 11 is 11.5. The second-order valence-corrected chi connectivity index (χ2v) is 9.87. The van der Waals surface area contributed by atoms with E-state index in [9.17, 15) is 9.59 Å². The van der Waals surface area contributed by atoms with Crippen LogP contribution in [0.15, 0.2) is 54.6 Å². The third-order valence-electron chi connectivity index (χ3n) is 5.82. The van der Waals surface area contributed by atoms with E-state index < -0.39 is 0 Å². The van der Waals surface area contributed by atoms with Crippen LogP contribution in [0.3, 0.4) is 0 Å². The molecule has 1 unspecified atom stereocenters. The Labute approximate surface area is 201 Å². The zero-order chi connectivity index (χ0) is 23.1. The molecule has 32 heavy (non-hydrogen) atoms. The smallest absolute Gasteiger partial charge is 0.226 e. The number of rotatable bonds is 6. The Hall–Kier alpha value is -2.04.